The second-order valence-corrected chi connectivity index (χ2v) is 8.98. The lowest BCUT2D eigenvalue weighted by molar-refractivity contribution is 0.0984. The highest BCUT2D eigenvalue weighted by atomic mass is 16.1. The zero-order valence-corrected chi connectivity index (χ0v) is 15.2. The number of fused-ring (bicyclic) bond motifs is 5. The van der Waals surface area contributed by atoms with Gasteiger partial charge >= 0.3 is 0 Å². The summed E-state index contributed by atoms with van der Waals surface area (Å²) >= 11 is 0. The molecule has 124 valence electrons. The molecular weight excluding hydrogens is 280 g/mol. The maximum absolute atomic E-state index is 12.6. The predicted molar refractivity (Wildman–Crippen MR) is 95.3 cm³/mol. The summed E-state index contributed by atoms with van der Waals surface area (Å²) in [5.41, 5.74) is 7.52. The van der Waals surface area contributed by atoms with Crippen molar-refractivity contribution in [1.29, 1.82) is 0 Å². The zero-order valence-electron chi connectivity index (χ0n) is 15.2. The van der Waals surface area contributed by atoms with Crippen molar-refractivity contribution in [3.63, 3.8) is 0 Å². The monoisotopic (exact) mass is 310 g/mol. The first-order valence-corrected chi connectivity index (χ1v) is 9.62. The molecule has 3 atom stereocenters. The molecule has 4 rings (SSSR count). The number of benzene rings is 1. The number of hydrogen-bond acceptors (Lipinski definition) is 1. The average molecular weight is 310 g/mol. The molecular formula is C22H30O. The summed E-state index contributed by atoms with van der Waals surface area (Å²) < 4.78 is 0. The Bertz CT molecular complexity index is 669. The van der Waals surface area contributed by atoms with Crippen LogP contribution in [0.2, 0.25) is 0 Å². The van der Waals surface area contributed by atoms with Crippen LogP contribution in [0.15, 0.2) is 6.07 Å². The van der Waals surface area contributed by atoms with Crippen LogP contribution in [-0.2, 0) is 6.42 Å². The minimum Gasteiger partial charge on any atom is -0.294 e. The summed E-state index contributed by atoms with van der Waals surface area (Å²) in [6.45, 7) is 9.27. The van der Waals surface area contributed by atoms with E-state index < -0.39 is 0 Å². The van der Waals surface area contributed by atoms with Crippen molar-refractivity contribution >= 4 is 5.78 Å². The normalized spacial score (nSPS) is 32.7. The van der Waals surface area contributed by atoms with Crippen LogP contribution in [-0.4, -0.2) is 5.78 Å². The molecule has 0 N–H and O–H groups in total. The molecule has 1 saturated carbocycles. The van der Waals surface area contributed by atoms with Gasteiger partial charge < -0.3 is 0 Å². The molecule has 1 aromatic rings. The van der Waals surface area contributed by atoms with Gasteiger partial charge in [0.2, 0.25) is 0 Å². The first-order valence-electron chi connectivity index (χ1n) is 9.62. The van der Waals surface area contributed by atoms with Gasteiger partial charge in [-0.1, -0.05) is 39.7 Å². The lowest BCUT2D eigenvalue weighted by atomic mass is 9.58. The molecule has 0 saturated heterocycles. The Hall–Kier alpha value is -1.11. The van der Waals surface area contributed by atoms with Crippen LogP contribution in [0.4, 0.5) is 0 Å². The molecule has 0 amide bonds. The molecule has 1 heteroatoms. The molecule has 1 unspecified atom stereocenters. The molecule has 3 aliphatic carbocycles. The SMILES string of the molecule is Cc1cc2c(c3c1C(=O)CC3C(C)C)CC[C@]1(C)CCCC[C@@H]21. The van der Waals surface area contributed by atoms with Gasteiger partial charge in [-0.25, -0.2) is 0 Å². The van der Waals surface area contributed by atoms with Gasteiger partial charge in [0.05, 0.1) is 0 Å². The molecule has 0 radical (unpaired) electrons. The number of carbonyl (C=O) groups excluding carboxylic acids is 1. The van der Waals surface area contributed by atoms with Crippen molar-refractivity contribution in [3.05, 3.63) is 33.9 Å². The third-order valence-electron chi connectivity index (χ3n) is 7.22. The molecule has 1 aromatic carbocycles. The van der Waals surface area contributed by atoms with Crippen LogP contribution in [0, 0.1) is 18.3 Å². The second kappa shape index (κ2) is 5.19. The smallest absolute Gasteiger partial charge is 0.164 e. The van der Waals surface area contributed by atoms with Gasteiger partial charge in [0.25, 0.3) is 0 Å². The van der Waals surface area contributed by atoms with Crippen molar-refractivity contribution in [2.75, 3.05) is 0 Å². The summed E-state index contributed by atoms with van der Waals surface area (Å²) in [6, 6.07) is 2.40. The fourth-order valence-corrected chi connectivity index (χ4v) is 5.89. The van der Waals surface area contributed by atoms with Crippen LogP contribution in [0.5, 0.6) is 0 Å². The fraction of sp³-hybridized carbons (Fsp3) is 0.682. The first kappa shape index (κ1) is 15.4. The van der Waals surface area contributed by atoms with Crippen molar-refractivity contribution in [2.45, 2.75) is 84.5 Å². The molecule has 0 aliphatic heterocycles. The molecule has 0 spiro atoms. The molecule has 1 fully saturated rings. The summed E-state index contributed by atoms with van der Waals surface area (Å²) in [6.07, 6.45) is 8.77. The van der Waals surface area contributed by atoms with Crippen molar-refractivity contribution < 1.29 is 4.79 Å². The predicted octanol–water partition coefficient (Wildman–Crippen LogP) is 5.93. The Morgan fingerprint density at radius 2 is 2.00 bits per heavy atom. The third kappa shape index (κ3) is 2.15. The van der Waals surface area contributed by atoms with E-state index in [-0.39, 0.29) is 0 Å². The average Bonchev–Trinajstić information content (AvgIpc) is 2.85. The lowest BCUT2D eigenvalue weighted by Gasteiger charge is -2.47. The lowest BCUT2D eigenvalue weighted by Crippen LogP contribution is -2.34. The number of ketones is 1. The van der Waals surface area contributed by atoms with E-state index in [0.29, 0.717) is 23.0 Å². The highest BCUT2D eigenvalue weighted by Crippen LogP contribution is 2.56. The zero-order chi connectivity index (χ0) is 16.4. The van der Waals surface area contributed by atoms with E-state index in [1.165, 1.54) is 49.7 Å². The van der Waals surface area contributed by atoms with Gasteiger partial charge in [0.1, 0.15) is 0 Å². The topological polar surface area (TPSA) is 17.1 Å². The van der Waals surface area contributed by atoms with E-state index in [1.54, 1.807) is 11.1 Å². The van der Waals surface area contributed by atoms with Crippen LogP contribution in [0.25, 0.3) is 0 Å². The van der Waals surface area contributed by atoms with Crippen LogP contribution < -0.4 is 0 Å². The number of aryl methyl sites for hydroxylation is 1. The van der Waals surface area contributed by atoms with Crippen molar-refractivity contribution in [3.8, 4) is 0 Å². The highest BCUT2D eigenvalue weighted by molar-refractivity contribution is 6.03. The summed E-state index contributed by atoms with van der Waals surface area (Å²) in [7, 11) is 0. The second-order valence-electron chi connectivity index (χ2n) is 8.98. The van der Waals surface area contributed by atoms with E-state index in [4.69, 9.17) is 0 Å². The van der Waals surface area contributed by atoms with Gasteiger partial charge in [-0.2, -0.15) is 0 Å². The van der Waals surface area contributed by atoms with E-state index in [2.05, 4.69) is 33.8 Å². The van der Waals surface area contributed by atoms with Crippen LogP contribution in [0.3, 0.4) is 0 Å². The van der Waals surface area contributed by atoms with Crippen LogP contribution in [0.1, 0.15) is 104 Å². The summed E-state index contributed by atoms with van der Waals surface area (Å²) in [5, 5.41) is 0. The third-order valence-corrected chi connectivity index (χ3v) is 7.22. The Balaban J connectivity index is 1.92. The highest BCUT2D eigenvalue weighted by Gasteiger charge is 2.44. The molecule has 23 heavy (non-hydrogen) atoms. The van der Waals surface area contributed by atoms with E-state index in [0.717, 1.165) is 17.9 Å². The Labute approximate surface area is 140 Å². The summed E-state index contributed by atoms with van der Waals surface area (Å²) in [4.78, 5) is 12.6. The van der Waals surface area contributed by atoms with Crippen molar-refractivity contribution in [1.82, 2.24) is 0 Å². The van der Waals surface area contributed by atoms with Gasteiger partial charge in [-0.15, -0.1) is 0 Å². The van der Waals surface area contributed by atoms with Gasteiger partial charge in [-0.05, 0) is 78.0 Å². The number of hydrogen-bond donors (Lipinski definition) is 0. The van der Waals surface area contributed by atoms with Crippen molar-refractivity contribution in [2.24, 2.45) is 11.3 Å². The minimum atomic E-state index is 0.399. The number of carbonyl (C=O) groups is 1. The largest absolute Gasteiger partial charge is 0.294 e. The maximum Gasteiger partial charge on any atom is 0.164 e. The number of rotatable bonds is 1. The fourth-order valence-electron chi connectivity index (χ4n) is 5.89. The Morgan fingerprint density at radius 3 is 2.74 bits per heavy atom. The molecule has 0 bridgehead atoms. The van der Waals surface area contributed by atoms with Crippen LogP contribution >= 0.6 is 0 Å². The number of Topliss-reactive ketones (excluding diaryl/α,β-unsaturated/α-hetero) is 1. The van der Waals surface area contributed by atoms with E-state index >= 15 is 0 Å². The molecule has 1 nitrogen and oxygen atoms in total. The Morgan fingerprint density at radius 1 is 1.22 bits per heavy atom. The standard InChI is InChI=1S/C22H30O/c1-13(2)16-12-19(23)20-14(3)11-17-15(21(16)20)8-10-22(4)9-6-5-7-18(17)22/h11,13,16,18H,5-10,12H2,1-4H3/t16?,18-,22-/m0/s1. The quantitative estimate of drug-likeness (QED) is 0.628. The maximum atomic E-state index is 12.6. The van der Waals surface area contributed by atoms with Gasteiger partial charge in [0.15, 0.2) is 5.78 Å². The molecule has 3 aliphatic rings. The first-order chi connectivity index (χ1) is 10.9. The van der Waals surface area contributed by atoms with E-state index in [9.17, 15) is 4.79 Å². The minimum absolute atomic E-state index is 0.399. The summed E-state index contributed by atoms with van der Waals surface area (Å²) in [5.74, 6) is 2.15. The molecule has 0 aromatic heterocycles. The van der Waals surface area contributed by atoms with E-state index in [1.807, 2.05) is 0 Å². The Kier molecular flexibility index (Phi) is 3.48. The van der Waals surface area contributed by atoms with Gasteiger partial charge in [-0.3, -0.25) is 4.79 Å². The molecule has 0 heterocycles. The van der Waals surface area contributed by atoms with Gasteiger partial charge in [0, 0.05) is 12.0 Å².